The molecular formula is C23H31ClN2O3. The summed E-state index contributed by atoms with van der Waals surface area (Å²) in [6, 6.07) is 18.3. The van der Waals surface area contributed by atoms with E-state index in [2.05, 4.69) is 17.4 Å². The third-order valence-electron chi connectivity index (χ3n) is 5.12. The van der Waals surface area contributed by atoms with Gasteiger partial charge < -0.3 is 19.7 Å². The number of halogens is 1. The van der Waals surface area contributed by atoms with Crippen LogP contribution < -0.4 is 10.1 Å². The normalized spacial score (nSPS) is 16.2. The predicted octanol–water partition coefficient (Wildman–Crippen LogP) is 3.63. The second kappa shape index (κ2) is 12.5. The smallest absolute Gasteiger partial charge is 0.223 e. The largest absolute Gasteiger partial charge is 0.496 e. The molecule has 1 N–H and O–H groups in total. The maximum Gasteiger partial charge on any atom is 0.223 e. The summed E-state index contributed by atoms with van der Waals surface area (Å²) in [4.78, 5) is 14.8. The van der Waals surface area contributed by atoms with Crippen LogP contribution in [-0.2, 0) is 16.0 Å². The average Bonchev–Trinajstić information content (AvgIpc) is 2.76. The van der Waals surface area contributed by atoms with Crippen molar-refractivity contribution in [1.82, 2.24) is 10.2 Å². The first kappa shape index (κ1) is 23.2. The van der Waals surface area contributed by atoms with E-state index < -0.39 is 0 Å². The summed E-state index contributed by atoms with van der Waals surface area (Å²) in [5.74, 6) is 1.02. The fourth-order valence-electron chi connectivity index (χ4n) is 3.63. The van der Waals surface area contributed by atoms with Gasteiger partial charge in [-0.1, -0.05) is 48.5 Å². The Hall–Kier alpha value is -2.08. The van der Waals surface area contributed by atoms with E-state index >= 15 is 0 Å². The molecule has 1 amide bonds. The molecule has 6 heteroatoms. The van der Waals surface area contributed by atoms with Crippen LogP contribution in [0.25, 0.3) is 0 Å². The molecule has 0 aromatic heterocycles. The van der Waals surface area contributed by atoms with Gasteiger partial charge in [0.15, 0.2) is 0 Å². The molecule has 0 saturated carbocycles. The van der Waals surface area contributed by atoms with Gasteiger partial charge in [0.05, 0.1) is 19.8 Å². The van der Waals surface area contributed by atoms with Gasteiger partial charge in [-0.25, -0.2) is 0 Å². The minimum atomic E-state index is 0. The molecule has 29 heavy (non-hydrogen) atoms. The second-order valence-corrected chi connectivity index (χ2v) is 7.00. The Labute approximate surface area is 179 Å². The van der Waals surface area contributed by atoms with Crippen molar-refractivity contribution in [2.75, 3.05) is 40.0 Å². The summed E-state index contributed by atoms with van der Waals surface area (Å²) in [5.41, 5.74) is 2.34. The van der Waals surface area contributed by atoms with Crippen LogP contribution in [0, 0.1) is 0 Å². The van der Waals surface area contributed by atoms with Crippen LogP contribution in [0.15, 0.2) is 54.6 Å². The van der Waals surface area contributed by atoms with E-state index in [1.807, 2.05) is 47.4 Å². The Kier molecular flexibility index (Phi) is 9.98. The van der Waals surface area contributed by atoms with Crippen molar-refractivity contribution in [3.05, 3.63) is 65.7 Å². The number of carbonyl (C=O) groups excluding carboxylic acids is 1. The van der Waals surface area contributed by atoms with Crippen LogP contribution in [0.4, 0.5) is 0 Å². The summed E-state index contributed by atoms with van der Waals surface area (Å²) in [7, 11) is 1.67. The molecule has 2 aromatic carbocycles. The van der Waals surface area contributed by atoms with E-state index in [0.29, 0.717) is 19.6 Å². The summed E-state index contributed by atoms with van der Waals surface area (Å²) in [6.45, 7) is 3.60. The Morgan fingerprint density at radius 3 is 2.66 bits per heavy atom. The van der Waals surface area contributed by atoms with Crippen molar-refractivity contribution >= 4 is 18.3 Å². The van der Waals surface area contributed by atoms with Gasteiger partial charge in [-0.15, -0.1) is 12.4 Å². The molecular weight excluding hydrogens is 388 g/mol. The maximum absolute atomic E-state index is 12.8. The van der Waals surface area contributed by atoms with Crippen LogP contribution in [-0.4, -0.2) is 50.8 Å². The van der Waals surface area contributed by atoms with Crippen molar-refractivity contribution in [2.45, 2.75) is 25.3 Å². The Morgan fingerprint density at radius 2 is 1.86 bits per heavy atom. The lowest BCUT2D eigenvalue weighted by Crippen LogP contribution is -2.48. The molecule has 1 fully saturated rings. The molecule has 3 rings (SSSR count). The highest BCUT2D eigenvalue weighted by Crippen LogP contribution is 2.30. The van der Waals surface area contributed by atoms with Gasteiger partial charge in [0, 0.05) is 38.2 Å². The fraction of sp³-hybridized carbons (Fsp3) is 0.435. The number of carbonyl (C=O) groups is 1. The number of para-hydroxylation sites is 1. The number of benzene rings is 2. The van der Waals surface area contributed by atoms with Gasteiger partial charge >= 0.3 is 0 Å². The summed E-state index contributed by atoms with van der Waals surface area (Å²) >= 11 is 0. The Morgan fingerprint density at radius 1 is 1.10 bits per heavy atom. The van der Waals surface area contributed by atoms with Crippen LogP contribution in [0.1, 0.15) is 30.0 Å². The molecule has 1 atom stereocenters. The zero-order valence-electron chi connectivity index (χ0n) is 17.0. The third kappa shape index (κ3) is 6.74. The lowest BCUT2D eigenvalue weighted by Gasteiger charge is -2.37. The SMILES string of the molecule is COc1ccccc1C1CNCCN1C(=O)CCCOCCc1ccccc1.Cl. The van der Waals surface area contributed by atoms with E-state index in [4.69, 9.17) is 9.47 Å². The molecule has 1 saturated heterocycles. The van der Waals surface area contributed by atoms with Gasteiger partial charge in [0.25, 0.3) is 0 Å². The Bertz CT molecular complexity index is 742. The number of methoxy groups -OCH3 is 1. The van der Waals surface area contributed by atoms with E-state index in [1.165, 1.54) is 5.56 Å². The zero-order chi connectivity index (χ0) is 19.6. The standard InChI is InChI=1S/C23H30N2O3.ClH/c1-27-22-11-6-5-10-20(22)21-18-24-14-15-25(21)23(26)12-7-16-28-17-13-19-8-3-2-4-9-19;/h2-6,8-11,21,24H,7,12-18H2,1H3;1H. The minimum absolute atomic E-state index is 0. The number of hydrogen-bond donors (Lipinski definition) is 1. The quantitative estimate of drug-likeness (QED) is 0.632. The van der Waals surface area contributed by atoms with Crippen LogP contribution in [0.2, 0.25) is 0 Å². The van der Waals surface area contributed by atoms with Crippen LogP contribution in [0.3, 0.4) is 0 Å². The Balaban J connectivity index is 0.00000300. The minimum Gasteiger partial charge on any atom is -0.496 e. The molecule has 0 aliphatic carbocycles. The molecule has 2 aromatic rings. The van der Waals surface area contributed by atoms with E-state index in [0.717, 1.165) is 43.8 Å². The third-order valence-corrected chi connectivity index (χ3v) is 5.12. The van der Waals surface area contributed by atoms with Crippen molar-refractivity contribution in [2.24, 2.45) is 0 Å². The van der Waals surface area contributed by atoms with Gasteiger partial charge in [0.2, 0.25) is 5.91 Å². The van der Waals surface area contributed by atoms with Crippen molar-refractivity contribution in [3.8, 4) is 5.75 Å². The maximum atomic E-state index is 12.8. The molecule has 1 aliphatic rings. The first-order chi connectivity index (χ1) is 13.8. The number of amides is 1. The highest BCUT2D eigenvalue weighted by Gasteiger charge is 2.29. The van der Waals surface area contributed by atoms with Crippen LogP contribution >= 0.6 is 12.4 Å². The van der Waals surface area contributed by atoms with Gasteiger partial charge in [-0.05, 0) is 24.5 Å². The number of piperazine rings is 1. The first-order valence-corrected chi connectivity index (χ1v) is 10.0. The highest BCUT2D eigenvalue weighted by molar-refractivity contribution is 5.85. The van der Waals surface area contributed by atoms with E-state index in [9.17, 15) is 4.79 Å². The van der Waals surface area contributed by atoms with Crippen LogP contribution in [0.5, 0.6) is 5.75 Å². The van der Waals surface area contributed by atoms with Gasteiger partial charge in [-0.3, -0.25) is 4.79 Å². The number of nitrogens with one attached hydrogen (secondary N) is 1. The van der Waals surface area contributed by atoms with Gasteiger partial charge in [-0.2, -0.15) is 0 Å². The molecule has 1 unspecified atom stereocenters. The molecule has 1 aliphatic heterocycles. The van der Waals surface area contributed by atoms with E-state index in [-0.39, 0.29) is 24.4 Å². The average molecular weight is 419 g/mol. The molecule has 0 radical (unpaired) electrons. The molecule has 1 heterocycles. The topological polar surface area (TPSA) is 50.8 Å². The number of rotatable bonds is 9. The monoisotopic (exact) mass is 418 g/mol. The summed E-state index contributed by atoms with van der Waals surface area (Å²) < 4.78 is 11.2. The lowest BCUT2D eigenvalue weighted by molar-refractivity contribution is -0.135. The fourth-order valence-corrected chi connectivity index (χ4v) is 3.63. The second-order valence-electron chi connectivity index (χ2n) is 7.00. The molecule has 158 valence electrons. The number of nitrogens with zero attached hydrogens (tertiary/aromatic N) is 1. The lowest BCUT2D eigenvalue weighted by atomic mass is 10.0. The predicted molar refractivity (Wildman–Crippen MR) is 118 cm³/mol. The molecule has 0 spiro atoms. The summed E-state index contributed by atoms with van der Waals surface area (Å²) in [5, 5.41) is 3.39. The van der Waals surface area contributed by atoms with E-state index in [1.54, 1.807) is 7.11 Å². The molecule has 0 bridgehead atoms. The highest BCUT2D eigenvalue weighted by atomic mass is 35.5. The van der Waals surface area contributed by atoms with Crippen molar-refractivity contribution in [1.29, 1.82) is 0 Å². The van der Waals surface area contributed by atoms with Crippen molar-refractivity contribution < 1.29 is 14.3 Å². The number of hydrogen-bond acceptors (Lipinski definition) is 4. The van der Waals surface area contributed by atoms with Gasteiger partial charge in [0.1, 0.15) is 5.75 Å². The zero-order valence-corrected chi connectivity index (χ0v) is 17.8. The number of ether oxygens (including phenoxy) is 2. The first-order valence-electron chi connectivity index (χ1n) is 10.0. The summed E-state index contributed by atoms with van der Waals surface area (Å²) in [6.07, 6.45) is 2.16. The molecule has 5 nitrogen and oxygen atoms in total. The van der Waals surface area contributed by atoms with Crippen molar-refractivity contribution in [3.63, 3.8) is 0 Å².